The number of nitrogens with zero attached hydrogens (tertiary/aromatic N) is 4. The van der Waals surface area contributed by atoms with Crippen molar-refractivity contribution >= 4 is 27.3 Å². The van der Waals surface area contributed by atoms with Gasteiger partial charge in [0.05, 0.1) is 10.6 Å². The van der Waals surface area contributed by atoms with Crippen LogP contribution >= 0.6 is 11.3 Å². The molecule has 4 rings (SSSR count). The Morgan fingerprint density at radius 3 is 2.60 bits per heavy atom. The van der Waals surface area contributed by atoms with Crippen molar-refractivity contribution in [3.05, 3.63) is 59.4 Å². The molecule has 0 bridgehead atoms. The molecule has 0 spiro atoms. The Morgan fingerprint density at radius 1 is 1.13 bits per heavy atom. The van der Waals surface area contributed by atoms with Crippen molar-refractivity contribution in [2.24, 2.45) is 0 Å². The minimum atomic E-state index is -3.49. The molecular formula is C20H23N5O3S2. The summed E-state index contributed by atoms with van der Waals surface area (Å²) >= 11 is 1.49. The number of hydrogen-bond donors (Lipinski definition) is 1. The Hall–Kier alpha value is -2.56. The Morgan fingerprint density at radius 2 is 1.90 bits per heavy atom. The van der Waals surface area contributed by atoms with Gasteiger partial charge in [-0.1, -0.05) is 6.42 Å². The lowest BCUT2D eigenvalue weighted by molar-refractivity contribution is 0.0954. The maximum atomic E-state index is 12.7. The minimum Gasteiger partial charge on any atom is -0.352 e. The summed E-state index contributed by atoms with van der Waals surface area (Å²) in [5.41, 5.74) is 1.32. The predicted octanol–water partition coefficient (Wildman–Crippen LogP) is 2.48. The quantitative estimate of drug-likeness (QED) is 0.603. The van der Waals surface area contributed by atoms with Gasteiger partial charge in [0.1, 0.15) is 0 Å². The largest absolute Gasteiger partial charge is 0.352 e. The number of hydrogen-bond acceptors (Lipinski definition) is 6. The van der Waals surface area contributed by atoms with E-state index in [0.29, 0.717) is 31.6 Å². The van der Waals surface area contributed by atoms with E-state index in [9.17, 15) is 13.2 Å². The van der Waals surface area contributed by atoms with Gasteiger partial charge in [-0.2, -0.15) is 9.40 Å². The lowest BCUT2D eigenvalue weighted by atomic mass is 10.2. The SMILES string of the molecule is O=C(NCCc1csc(-n2cccn2)n1)c1ccc(S(=O)(=O)N2CCCCC2)cc1. The van der Waals surface area contributed by atoms with Crippen LogP contribution in [0.5, 0.6) is 0 Å². The first-order chi connectivity index (χ1) is 14.5. The van der Waals surface area contributed by atoms with Crippen LogP contribution in [0.1, 0.15) is 35.3 Å². The van der Waals surface area contributed by atoms with E-state index in [1.54, 1.807) is 23.0 Å². The zero-order valence-electron chi connectivity index (χ0n) is 16.4. The molecule has 0 aliphatic carbocycles. The number of aromatic nitrogens is 3. The number of piperidine rings is 1. The Labute approximate surface area is 179 Å². The molecule has 158 valence electrons. The van der Waals surface area contributed by atoms with Crippen LogP contribution in [0.25, 0.3) is 5.13 Å². The Bertz CT molecular complexity index is 1090. The third kappa shape index (κ3) is 4.61. The Kier molecular flexibility index (Phi) is 6.26. The van der Waals surface area contributed by atoms with Crippen LogP contribution in [0.3, 0.4) is 0 Å². The van der Waals surface area contributed by atoms with Gasteiger partial charge >= 0.3 is 0 Å². The second-order valence-corrected chi connectivity index (χ2v) is 9.84. The predicted molar refractivity (Wildman–Crippen MR) is 114 cm³/mol. The number of carbonyl (C=O) groups is 1. The summed E-state index contributed by atoms with van der Waals surface area (Å²) in [5.74, 6) is -0.237. The number of carbonyl (C=O) groups excluding carboxylic acids is 1. The third-order valence-electron chi connectivity index (χ3n) is 4.98. The third-order valence-corrected chi connectivity index (χ3v) is 7.77. The summed E-state index contributed by atoms with van der Waals surface area (Å²) in [6.07, 6.45) is 6.98. The number of benzene rings is 1. The molecule has 3 heterocycles. The number of thiazole rings is 1. The topological polar surface area (TPSA) is 97.2 Å². The van der Waals surface area contributed by atoms with Crippen LogP contribution in [0, 0.1) is 0 Å². The number of nitrogens with one attached hydrogen (secondary N) is 1. The molecule has 1 aromatic carbocycles. The van der Waals surface area contributed by atoms with Gasteiger partial charge in [0.25, 0.3) is 5.91 Å². The molecule has 8 nitrogen and oxygen atoms in total. The Balaban J connectivity index is 1.32. The minimum absolute atomic E-state index is 0.231. The number of rotatable bonds is 7. The zero-order valence-corrected chi connectivity index (χ0v) is 18.0. The molecule has 1 aliphatic heterocycles. The van der Waals surface area contributed by atoms with Crippen molar-refractivity contribution in [2.75, 3.05) is 19.6 Å². The summed E-state index contributed by atoms with van der Waals surface area (Å²) in [5, 5.41) is 9.74. The maximum Gasteiger partial charge on any atom is 0.251 e. The van der Waals surface area contributed by atoms with Gasteiger partial charge < -0.3 is 5.32 Å². The highest BCUT2D eigenvalue weighted by atomic mass is 32.2. The normalized spacial score (nSPS) is 15.2. The van der Waals surface area contributed by atoms with E-state index in [2.05, 4.69) is 15.4 Å². The number of sulfonamides is 1. The molecule has 1 aliphatic rings. The summed E-state index contributed by atoms with van der Waals surface area (Å²) in [4.78, 5) is 17.1. The second-order valence-electron chi connectivity index (χ2n) is 7.07. The average molecular weight is 446 g/mol. The van der Waals surface area contributed by atoms with Gasteiger partial charge in [-0.05, 0) is 43.2 Å². The molecule has 0 atom stereocenters. The van der Waals surface area contributed by atoms with E-state index in [4.69, 9.17) is 0 Å². The number of amides is 1. The van der Waals surface area contributed by atoms with Crippen molar-refractivity contribution in [1.82, 2.24) is 24.4 Å². The molecule has 2 aromatic heterocycles. The van der Waals surface area contributed by atoms with E-state index in [1.807, 2.05) is 17.6 Å². The van der Waals surface area contributed by atoms with Gasteiger partial charge in [0, 0.05) is 49.4 Å². The molecular weight excluding hydrogens is 422 g/mol. The second kappa shape index (κ2) is 9.07. The standard InChI is InChI=1S/C20H23N5O3S2/c26-19(21-11-9-17-15-29-20(23-17)25-14-4-10-22-25)16-5-7-18(8-6-16)30(27,28)24-12-2-1-3-13-24/h4-8,10,14-15H,1-3,9,11-13H2,(H,21,26). The van der Waals surface area contributed by atoms with Crippen molar-refractivity contribution in [1.29, 1.82) is 0 Å². The lowest BCUT2D eigenvalue weighted by Gasteiger charge is -2.25. The van der Waals surface area contributed by atoms with Crippen LogP contribution in [-0.2, 0) is 16.4 Å². The molecule has 10 heteroatoms. The maximum absolute atomic E-state index is 12.7. The summed E-state index contributed by atoms with van der Waals surface area (Å²) in [6.45, 7) is 1.56. The first-order valence-corrected chi connectivity index (χ1v) is 12.2. The van der Waals surface area contributed by atoms with Crippen LogP contribution < -0.4 is 5.32 Å². The molecule has 0 radical (unpaired) electrons. The van der Waals surface area contributed by atoms with E-state index in [0.717, 1.165) is 30.1 Å². The molecule has 1 saturated heterocycles. The molecule has 0 saturated carbocycles. The van der Waals surface area contributed by atoms with E-state index in [1.165, 1.54) is 27.8 Å². The van der Waals surface area contributed by atoms with Gasteiger partial charge in [-0.3, -0.25) is 4.79 Å². The van der Waals surface area contributed by atoms with Crippen LogP contribution in [0.15, 0.2) is 53.0 Å². The monoisotopic (exact) mass is 445 g/mol. The molecule has 1 fully saturated rings. The van der Waals surface area contributed by atoms with Gasteiger partial charge in [0.2, 0.25) is 15.2 Å². The van der Waals surface area contributed by atoms with Gasteiger partial charge in [0.15, 0.2) is 0 Å². The summed E-state index contributed by atoms with van der Waals surface area (Å²) in [6, 6.07) is 7.98. The van der Waals surface area contributed by atoms with Crippen molar-refractivity contribution in [3.8, 4) is 5.13 Å². The highest BCUT2D eigenvalue weighted by Crippen LogP contribution is 2.21. The zero-order chi connectivity index (χ0) is 21.0. The molecule has 1 N–H and O–H groups in total. The van der Waals surface area contributed by atoms with Crippen molar-refractivity contribution < 1.29 is 13.2 Å². The fraction of sp³-hybridized carbons (Fsp3) is 0.350. The molecule has 1 amide bonds. The van der Waals surface area contributed by atoms with Crippen LogP contribution in [0.2, 0.25) is 0 Å². The van der Waals surface area contributed by atoms with Crippen molar-refractivity contribution in [3.63, 3.8) is 0 Å². The highest BCUT2D eigenvalue weighted by molar-refractivity contribution is 7.89. The first kappa shape index (κ1) is 20.7. The smallest absolute Gasteiger partial charge is 0.251 e. The van der Waals surface area contributed by atoms with Crippen molar-refractivity contribution in [2.45, 2.75) is 30.6 Å². The first-order valence-electron chi connectivity index (χ1n) is 9.87. The average Bonchev–Trinajstić information content (AvgIpc) is 3.46. The van der Waals surface area contributed by atoms with E-state index in [-0.39, 0.29) is 10.8 Å². The summed E-state index contributed by atoms with van der Waals surface area (Å²) in [7, 11) is -3.49. The molecule has 3 aromatic rings. The lowest BCUT2D eigenvalue weighted by Crippen LogP contribution is -2.35. The van der Waals surface area contributed by atoms with Gasteiger partial charge in [-0.25, -0.2) is 18.1 Å². The van der Waals surface area contributed by atoms with Crippen LogP contribution in [-0.4, -0.2) is 53.0 Å². The summed E-state index contributed by atoms with van der Waals surface area (Å²) < 4.78 is 28.6. The van der Waals surface area contributed by atoms with E-state index >= 15 is 0 Å². The van der Waals surface area contributed by atoms with Gasteiger partial charge in [-0.15, -0.1) is 11.3 Å². The molecule has 0 unspecified atom stereocenters. The fourth-order valence-electron chi connectivity index (χ4n) is 3.34. The fourth-order valence-corrected chi connectivity index (χ4v) is 5.65. The molecule has 30 heavy (non-hydrogen) atoms. The van der Waals surface area contributed by atoms with Crippen LogP contribution in [0.4, 0.5) is 0 Å². The highest BCUT2D eigenvalue weighted by Gasteiger charge is 2.25. The van der Waals surface area contributed by atoms with E-state index < -0.39 is 10.0 Å².